The molecule has 0 aliphatic carbocycles. The number of hydrogen-bond donors (Lipinski definition) is 1. The number of halogens is 1. The van der Waals surface area contributed by atoms with Gasteiger partial charge in [0.25, 0.3) is 0 Å². The van der Waals surface area contributed by atoms with Gasteiger partial charge >= 0.3 is 0 Å². The molecule has 0 saturated carbocycles. The van der Waals surface area contributed by atoms with Crippen LogP contribution < -0.4 is 10.5 Å². The lowest BCUT2D eigenvalue weighted by atomic mass is 10.1. The average molecular weight is 265 g/mol. The molecule has 2 N–H and O–H groups in total. The van der Waals surface area contributed by atoms with Crippen molar-refractivity contribution in [1.82, 2.24) is 5.16 Å². The minimum absolute atomic E-state index is 0.267. The molecule has 0 radical (unpaired) electrons. The summed E-state index contributed by atoms with van der Waals surface area (Å²) < 4.78 is 10.3. The number of nitrogen functional groups attached to an aromatic ring is 1. The molecule has 1 aromatic carbocycles. The summed E-state index contributed by atoms with van der Waals surface area (Å²) in [4.78, 5) is 0. The van der Waals surface area contributed by atoms with E-state index < -0.39 is 0 Å². The maximum absolute atomic E-state index is 6.13. The van der Waals surface area contributed by atoms with Gasteiger partial charge in [-0.3, -0.25) is 0 Å². The van der Waals surface area contributed by atoms with Crippen molar-refractivity contribution in [3.05, 3.63) is 41.4 Å². The first kappa shape index (κ1) is 12.5. The van der Waals surface area contributed by atoms with Crippen LogP contribution in [0.15, 0.2) is 40.9 Å². The number of nitrogens with two attached hydrogens (primary N) is 1. The van der Waals surface area contributed by atoms with Gasteiger partial charge in [-0.2, -0.15) is 0 Å². The predicted molar refractivity (Wildman–Crippen MR) is 71.7 cm³/mol. The van der Waals surface area contributed by atoms with Gasteiger partial charge in [0.15, 0.2) is 0 Å². The number of hydrogen-bond acceptors (Lipinski definition) is 4. The maximum atomic E-state index is 6.13. The van der Waals surface area contributed by atoms with E-state index in [-0.39, 0.29) is 5.88 Å². The Kier molecular flexibility index (Phi) is 3.58. The van der Waals surface area contributed by atoms with E-state index in [0.29, 0.717) is 23.1 Å². The smallest absolute Gasteiger partial charge is 0.222 e. The van der Waals surface area contributed by atoms with Crippen LogP contribution in [0.5, 0.6) is 5.75 Å². The second kappa shape index (κ2) is 5.14. The second-order valence-corrected chi connectivity index (χ2v) is 4.41. The second-order valence-electron chi connectivity index (χ2n) is 4.01. The van der Waals surface area contributed by atoms with Crippen LogP contribution in [-0.2, 0) is 0 Å². The highest BCUT2D eigenvalue weighted by molar-refractivity contribution is 6.32. The zero-order valence-corrected chi connectivity index (χ0v) is 10.7. The van der Waals surface area contributed by atoms with Gasteiger partial charge in [0.1, 0.15) is 18.1 Å². The molecule has 0 bridgehead atoms. The van der Waals surface area contributed by atoms with Crippen LogP contribution in [0.4, 0.5) is 5.88 Å². The molecule has 2 aromatic rings. The number of aromatic nitrogens is 1. The molecular formula is C13H13ClN2O2. The van der Waals surface area contributed by atoms with E-state index in [4.69, 9.17) is 26.6 Å². The summed E-state index contributed by atoms with van der Waals surface area (Å²) in [6.07, 6.45) is 0. The fourth-order valence-corrected chi connectivity index (χ4v) is 1.64. The molecule has 4 nitrogen and oxygen atoms in total. The van der Waals surface area contributed by atoms with Gasteiger partial charge in [-0.15, -0.1) is 0 Å². The van der Waals surface area contributed by atoms with Crippen LogP contribution >= 0.6 is 11.6 Å². The molecule has 0 aliphatic heterocycles. The van der Waals surface area contributed by atoms with E-state index in [0.717, 1.165) is 11.1 Å². The van der Waals surface area contributed by atoms with Crippen LogP contribution in [0.3, 0.4) is 0 Å². The van der Waals surface area contributed by atoms with Crippen molar-refractivity contribution in [2.45, 2.75) is 6.92 Å². The summed E-state index contributed by atoms with van der Waals surface area (Å²) in [7, 11) is 0. The topological polar surface area (TPSA) is 61.3 Å². The Balaban J connectivity index is 2.22. The standard InChI is InChI=1S/C13H13ClN2O2/c1-8(2)7-17-12-4-3-9(5-10(12)14)11-6-13(15)18-16-11/h3-6H,1,7,15H2,2H3. The minimum atomic E-state index is 0.267. The predicted octanol–water partition coefficient (Wildman–Crippen LogP) is 3.53. The van der Waals surface area contributed by atoms with Crippen molar-refractivity contribution >= 4 is 17.5 Å². The first-order valence-corrected chi connectivity index (χ1v) is 5.73. The molecule has 94 valence electrons. The lowest BCUT2D eigenvalue weighted by Crippen LogP contribution is -1.98. The summed E-state index contributed by atoms with van der Waals surface area (Å²) in [6, 6.07) is 7.02. The molecule has 5 heteroatoms. The number of benzene rings is 1. The summed E-state index contributed by atoms with van der Waals surface area (Å²) in [5.74, 6) is 0.878. The summed E-state index contributed by atoms with van der Waals surface area (Å²) in [6.45, 7) is 6.09. The fraction of sp³-hybridized carbons (Fsp3) is 0.154. The molecule has 0 unspecified atom stereocenters. The van der Waals surface area contributed by atoms with E-state index in [1.807, 2.05) is 13.0 Å². The van der Waals surface area contributed by atoms with Gasteiger partial charge in [-0.1, -0.05) is 23.3 Å². The molecule has 0 spiro atoms. The van der Waals surface area contributed by atoms with Crippen molar-refractivity contribution in [1.29, 1.82) is 0 Å². The quantitative estimate of drug-likeness (QED) is 0.858. The highest BCUT2D eigenvalue weighted by Gasteiger charge is 2.08. The number of rotatable bonds is 4. The van der Waals surface area contributed by atoms with Crippen molar-refractivity contribution < 1.29 is 9.26 Å². The van der Waals surface area contributed by atoms with Crippen LogP contribution in [0.2, 0.25) is 5.02 Å². The van der Waals surface area contributed by atoms with Crippen molar-refractivity contribution in [3.8, 4) is 17.0 Å². The molecule has 0 atom stereocenters. The molecule has 0 saturated heterocycles. The van der Waals surface area contributed by atoms with Gasteiger partial charge in [-0.25, -0.2) is 0 Å². The van der Waals surface area contributed by atoms with Crippen molar-refractivity contribution in [3.63, 3.8) is 0 Å². The largest absolute Gasteiger partial charge is 0.488 e. The fourth-order valence-electron chi connectivity index (χ4n) is 1.40. The molecule has 1 aromatic heterocycles. The Hall–Kier alpha value is -1.94. The Morgan fingerprint density at radius 2 is 2.28 bits per heavy atom. The SMILES string of the molecule is C=C(C)COc1ccc(-c2cc(N)on2)cc1Cl. The van der Waals surface area contributed by atoms with Crippen LogP contribution in [0.25, 0.3) is 11.3 Å². The van der Waals surface area contributed by atoms with Gasteiger partial charge < -0.3 is 15.0 Å². The highest BCUT2D eigenvalue weighted by Crippen LogP contribution is 2.30. The summed E-state index contributed by atoms with van der Waals surface area (Å²) in [5.41, 5.74) is 7.86. The number of nitrogens with zero attached hydrogens (tertiary/aromatic N) is 1. The van der Waals surface area contributed by atoms with Crippen LogP contribution in [0, 0.1) is 0 Å². The molecule has 1 heterocycles. The molecular weight excluding hydrogens is 252 g/mol. The van der Waals surface area contributed by atoms with Crippen molar-refractivity contribution in [2.75, 3.05) is 12.3 Å². The minimum Gasteiger partial charge on any atom is -0.488 e. The van der Waals surface area contributed by atoms with Gasteiger partial charge in [-0.05, 0) is 30.7 Å². The zero-order valence-electron chi connectivity index (χ0n) is 9.94. The van der Waals surface area contributed by atoms with E-state index in [1.54, 1.807) is 18.2 Å². The Morgan fingerprint density at radius 3 is 2.83 bits per heavy atom. The van der Waals surface area contributed by atoms with E-state index in [2.05, 4.69) is 11.7 Å². The lowest BCUT2D eigenvalue weighted by Gasteiger charge is -2.08. The van der Waals surface area contributed by atoms with E-state index >= 15 is 0 Å². The maximum Gasteiger partial charge on any atom is 0.222 e. The van der Waals surface area contributed by atoms with Crippen molar-refractivity contribution in [2.24, 2.45) is 0 Å². The van der Waals surface area contributed by atoms with E-state index in [1.165, 1.54) is 0 Å². The highest BCUT2D eigenvalue weighted by atomic mass is 35.5. The lowest BCUT2D eigenvalue weighted by molar-refractivity contribution is 0.353. The first-order chi connectivity index (χ1) is 8.56. The average Bonchev–Trinajstić information content (AvgIpc) is 2.74. The number of ether oxygens (including phenoxy) is 1. The van der Waals surface area contributed by atoms with Gasteiger partial charge in [0.2, 0.25) is 5.88 Å². The third-order valence-corrected chi connectivity index (χ3v) is 2.53. The summed E-state index contributed by atoms with van der Waals surface area (Å²) in [5, 5.41) is 4.33. The molecule has 0 fully saturated rings. The van der Waals surface area contributed by atoms with Gasteiger partial charge in [0.05, 0.1) is 5.02 Å². The summed E-state index contributed by atoms with van der Waals surface area (Å²) >= 11 is 6.13. The van der Waals surface area contributed by atoms with Crippen LogP contribution in [0.1, 0.15) is 6.92 Å². The third kappa shape index (κ3) is 2.84. The molecule has 0 aliphatic rings. The Bertz CT molecular complexity index is 578. The van der Waals surface area contributed by atoms with Gasteiger partial charge in [0, 0.05) is 11.6 Å². The Labute approximate surface area is 110 Å². The third-order valence-electron chi connectivity index (χ3n) is 2.23. The zero-order chi connectivity index (χ0) is 13.1. The molecule has 2 rings (SSSR count). The normalized spacial score (nSPS) is 10.3. The van der Waals surface area contributed by atoms with Crippen LogP contribution in [-0.4, -0.2) is 11.8 Å². The first-order valence-electron chi connectivity index (χ1n) is 5.35. The molecule has 0 amide bonds. The number of anilines is 1. The van der Waals surface area contributed by atoms with E-state index in [9.17, 15) is 0 Å². The Morgan fingerprint density at radius 1 is 1.50 bits per heavy atom. The molecule has 18 heavy (non-hydrogen) atoms. The monoisotopic (exact) mass is 264 g/mol.